The first-order valence-electron chi connectivity index (χ1n) is 6.41. The highest BCUT2D eigenvalue weighted by atomic mass is 16.7. The minimum atomic E-state index is -0.708. The van der Waals surface area contributed by atoms with Gasteiger partial charge in [0.2, 0.25) is 6.79 Å². The first-order chi connectivity index (χ1) is 9.07. The molecule has 5 nitrogen and oxygen atoms in total. The largest absolute Gasteiger partial charge is 0.481 e. The van der Waals surface area contributed by atoms with E-state index in [1.165, 1.54) is 0 Å². The maximum Gasteiger partial charge on any atom is 0.310 e. The normalized spacial score (nSPS) is 25.7. The molecule has 19 heavy (non-hydrogen) atoms. The van der Waals surface area contributed by atoms with Gasteiger partial charge >= 0.3 is 5.97 Å². The summed E-state index contributed by atoms with van der Waals surface area (Å²) in [4.78, 5) is 13.4. The van der Waals surface area contributed by atoms with Crippen LogP contribution in [0.15, 0.2) is 18.2 Å². The van der Waals surface area contributed by atoms with Crippen LogP contribution in [-0.2, 0) is 11.3 Å². The Morgan fingerprint density at radius 1 is 1.42 bits per heavy atom. The lowest BCUT2D eigenvalue weighted by Crippen LogP contribution is -2.31. The lowest BCUT2D eigenvalue weighted by Gasteiger charge is -2.20. The molecule has 3 rings (SSSR count). The SMILES string of the molecule is CC1(C(=O)O)CCN(Cc2ccc3c(c2)OCO3)C1. The maximum absolute atomic E-state index is 11.2. The fourth-order valence-corrected chi connectivity index (χ4v) is 2.66. The van der Waals surface area contributed by atoms with E-state index in [4.69, 9.17) is 9.47 Å². The summed E-state index contributed by atoms with van der Waals surface area (Å²) in [5.41, 5.74) is 0.509. The predicted octanol–water partition coefficient (Wildman–Crippen LogP) is 1.71. The second kappa shape index (κ2) is 4.42. The Morgan fingerprint density at radius 2 is 2.21 bits per heavy atom. The molecule has 0 amide bonds. The number of ether oxygens (including phenoxy) is 2. The Bertz CT molecular complexity index is 516. The zero-order chi connectivity index (χ0) is 13.5. The van der Waals surface area contributed by atoms with Crippen molar-refractivity contribution in [3.05, 3.63) is 23.8 Å². The number of hydrogen-bond acceptors (Lipinski definition) is 4. The van der Waals surface area contributed by atoms with Gasteiger partial charge in [0.15, 0.2) is 11.5 Å². The van der Waals surface area contributed by atoms with E-state index < -0.39 is 11.4 Å². The van der Waals surface area contributed by atoms with E-state index >= 15 is 0 Å². The van der Waals surface area contributed by atoms with Crippen LogP contribution in [0.3, 0.4) is 0 Å². The summed E-state index contributed by atoms with van der Waals surface area (Å²) >= 11 is 0. The van der Waals surface area contributed by atoms with E-state index in [2.05, 4.69) is 4.90 Å². The van der Waals surface area contributed by atoms with Crippen molar-refractivity contribution in [3.8, 4) is 11.5 Å². The first kappa shape index (κ1) is 12.3. The van der Waals surface area contributed by atoms with Crippen LogP contribution >= 0.6 is 0 Å². The van der Waals surface area contributed by atoms with Gasteiger partial charge in [0, 0.05) is 13.1 Å². The number of carboxylic acid groups (broad SMARTS) is 1. The summed E-state index contributed by atoms with van der Waals surface area (Å²) in [6.45, 7) is 4.25. The molecule has 1 N–H and O–H groups in total. The van der Waals surface area contributed by atoms with Crippen molar-refractivity contribution in [2.75, 3.05) is 19.9 Å². The quantitative estimate of drug-likeness (QED) is 0.899. The maximum atomic E-state index is 11.2. The lowest BCUT2D eigenvalue weighted by molar-refractivity contribution is -0.147. The minimum absolute atomic E-state index is 0.277. The van der Waals surface area contributed by atoms with Gasteiger partial charge in [-0.25, -0.2) is 0 Å². The molecule has 2 aliphatic rings. The number of benzene rings is 1. The van der Waals surface area contributed by atoms with Crippen molar-refractivity contribution >= 4 is 5.97 Å². The van der Waals surface area contributed by atoms with Gasteiger partial charge in [-0.2, -0.15) is 0 Å². The molecule has 0 saturated carbocycles. The van der Waals surface area contributed by atoms with Gasteiger partial charge in [-0.05, 0) is 37.6 Å². The summed E-state index contributed by atoms with van der Waals surface area (Å²) < 4.78 is 10.6. The summed E-state index contributed by atoms with van der Waals surface area (Å²) in [5, 5.41) is 9.22. The van der Waals surface area contributed by atoms with Gasteiger partial charge in [0.1, 0.15) is 0 Å². The number of likely N-dealkylation sites (tertiary alicyclic amines) is 1. The van der Waals surface area contributed by atoms with Crippen molar-refractivity contribution < 1.29 is 19.4 Å². The molecule has 1 fully saturated rings. The zero-order valence-corrected chi connectivity index (χ0v) is 10.9. The van der Waals surface area contributed by atoms with Crippen molar-refractivity contribution in [2.45, 2.75) is 19.9 Å². The van der Waals surface area contributed by atoms with E-state index in [9.17, 15) is 9.90 Å². The van der Waals surface area contributed by atoms with Crippen LogP contribution < -0.4 is 9.47 Å². The summed E-state index contributed by atoms with van der Waals surface area (Å²) in [5.74, 6) is 0.846. The van der Waals surface area contributed by atoms with Gasteiger partial charge < -0.3 is 14.6 Å². The number of carbonyl (C=O) groups is 1. The van der Waals surface area contributed by atoms with Crippen LogP contribution in [0.1, 0.15) is 18.9 Å². The molecule has 1 atom stereocenters. The molecule has 0 bridgehead atoms. The topological polar surface area (TPSA) is 59.0 Å². The molecule has 0 aliphatic carbocycles. The average molecular weight is 263 g/mol. The molecule has 0 aromatic heterocycles. The molecular formula is C14H17NO4. The van der Waals surface area contributed by atoms with Crippen molar-refractivity contribution in [3.63, 3.8) is 0 Å². The average Bonchev–Trinajstić information content (AvgIpc) is 2.96. The van der Waals surface area contributed by atoms with Crippen molar-refractivity contribution in [1.29, 1.82) is 0 Å². The van der Waals surface area contributed by atoms with Gasteiger partial charge in [-0.3, -0.25) is 9.69 Å². The molecule has 1 aromatic carbocycles. The molecule has 5 heteroatoms. The second-order valence-electron chi connectivity index (χ2n) is 5.51. The Labute approximate surface area is 111 Å². The van der Waals surface area contributed by atoms with Gasteiger partial charge in [-0.1, -0.05) is 6.07 Å². The zero-order valence-electron chi connectivity index (χ0n) is 10.9. The van der Waals surface area contributed by atoms with Crippen LogP contribution in [0.4, 0.5) is 0 Å². The van der Waals surface area contributed by atoms with Crippen molar-refractivity contribution in [2.24, 2.45) is 5.41 Å². The molecule has 1 saturated heterocycles. The number of nitrogens with zero attached hydrogens (tertiary/aromatic N) is 1. The molecule has 2 heterocycles. The van der Waals surface area contributed by atoms with Gasteiger partial charge in [-0.15, -0.1) is 0 Å². The number of carboxylic acids is 1. The molecule has 2 aliphatic heterocycles. The Hall–Kier alpha value is -1.75. The second-order valence-corrected chi connectivity index (χ2v) is 5.51. The Morgan fingerprint density at radius 3 is 2.95 bits per heavy atom. The van der Waals surface area contributed by atoms with Gasteiger partial charge in [0.05, 0.1) is 5.41 Å². The van der Waals surface area contributed by atoms with E-state index in [0.717, 1.165) is 30.2 Å². The first-order valence-corrected chi connectivity index (χ1v) is 6.41. The standard InChI is InChI=1S/C14H17NO4/c1-14(13(16)17)4-5-15(8-14)7-10-2-3-11-12(6-10)19-9-18-11/h2-3,6H,4-5,7-9H2,1H3,(H,16,17). The van der Waals surface area contributed by atoms with Crippen molar-refractivity contribution in [1.82, 2.24) is 4.90 Å². The third-order valence-electron chi connectivity index (χ3n) is 3.91. The Kier molecular flexibility index (Phi) is 2.86. The fourth-order valence-electron chi connectivity index (χ4n) is 2.66. The van der Waals surface area contributed by atoms with E-state index in [1.54, 1.807) is 0 Å². The smallest absolute Gasteiger partial charge is 0.310 e. The number of hydrogen-bond donors (Lipinski definition) is 1. The predicted molar refractivity (Wildman–Crippen MR) is 68.2 cm³/mol. The monoisotopic (exact) mass is 263 g/mol. The van der Waals surface area contributed by atoms with Crippen LogP contribution in [-0.4, -0.2) is 35.9 Å². The molecule has 1 aromatic rings. The summed E-state index contributed by atoms with van der Waals surface area (Å²) in [6, 6.07) is 5.88. The van der Waals surface area contributed by atoms with E-state index in [0.29, 0.717) is 13.0 Å². The molecule has 102 valence electrons. The van der Waals surface area contributed by atoms with Crippen LogP contribution in [0, 0.1) is 5.41 Å². The summed E-state index contributed by atoms with van der Waals surface area (Å²) in [7, 11) is 0. The minimum Gasteiger partial charge on any atom is -0.481 e. The highest BCUT2D eigenvalue weighted by molar-refractivity contribution is 5.74. The fraction of sp³-hybridized carbons (Fsp3) is 0.500. The highest BCUT2D eigenvalue weighted by Gasteiger charge is 2.40. The third-order valence-corrected chi connectivity index (χ3v) is 3.91. The van der Waals surface area contributed by atoms with E-state index in [-0.39, 0.29) is 6.79 Å². The van der Waals surface area contributed by atoms with E-state index in [1.807, 2.05) is 25.1 Å². The van der Waals surface area contributed by atoms with Crippen LogP contribution in [0.2, 0.25) is 0 Å². The summed E-state index contributed by atoms with van der Waals surface area (Å²) in [6.07, 6.45) is 0.701. The number of fused-ring (bicyclic) bond motifs is 1. The number of aliphatic carboxylic acids is 1. The third kappa shape index (κ3) is 2.26. The van der Waals surface area contributed by atoms with Crippen LogP contribution in [0.5, 0.6) is 11.5 Å². The van der Waals surface area contributed by atoms with Crippen LogP contribution in [0.25, 0.3) is 0 Å². The highest BCUT2D eigenvalue weighted by Crippen LogP contribution is 2.34. The molecule has 0 radical (unpaired) electrons. The molecule has 1 unspecified atom stereocenters. The lowest BCUT2D eigenvalue weighted by atomic mass is 9.90. The number of rotatable bonds is 3. The Balaban J connectivity index is 1.68. The van der Waals surface area contributed by atoms with Gasteiger partial charge in [0.25, 0.3) is 0 Å². The molecule has 0 spiro atoms. The molecular weight excluding hydrogens is 246 g/mol.